The number of allylic oxidation sites excluding steroid dienone is 1. The maximum absolute atomic E-state index is 12.0. The van der Waals surface area contributed by atoms with Crippen LogP contribution in [0.3, 0.4) is 0 Å². The topological polar surface area (TPSA) is 52.6 Å². The molecule has 0 aromatic carbocycles. The predicted octanol–water partition coefficient (Wildman–Crippen LogP) is 3.71. The number of fused-ring (bicyclic) bond motifs is 3. The molecule has 6 heteroatoms. The highest BCUT2D eigenvalue weighted by molar-refractivity contribution is 6.52. The molecule has 0 N–H and O–H groups in total. The molecule has 23 heavy (non-hydrogen) atoms. The summed E-state index contributed by atoms with van der Waals surface area (Å²) in [4.78, 5) is 22.7. The van der Waals surface area contributed by atoms with E-state index in [4.69, 9.17) is 32.7 Å². The third-order valence-corrected chi connectivity index (χ3v) is 5.85. The molecular formula is C17H20Cl2O4. The molecule has 0 amide bonds. The van der Waals surface area contributed by atoms with Gasteiger partial charge in [-0.15, -0.1) is 0 Å². The van der Waals surface area contributed by atoms with E-state index in [-0.39, 0.29) is 23.9 Å². The summed E-state index contributed by atoms with van der Waals surface area (Å²) in [5, 5.41) is 0. The predicted molar refractivity (Wildman–Crippen MR) is 87.2 cm³/mol. The SMILES string of the molecule is C=C1C(=O)O[C@@H]2C3C(=C(C)CC[C@@H]12)CC[C@@]3(C)OC(=O)C(Cl)Cl. The van der Waals surface area contributed by atoms with Gasteiger partial charge in [-0.25, -0.2) is 9.59 Å². The van der Waals surface area contributed by atoms with Crippen LogP contribution in [-0.4, -0.2) is 28.5 Å². The number of carbonyl (C=O) groups excluding carboxylic acids is 2. The summed E-state index contributed by atoms with van der Waals surface area (Å²) in [5.74, 6) is -1.18. The molecular weight excluding hydrogens is 339 g/mol. The smallest absolute Gasteiger partial charge is 0.340 e. The average molecular weight is 359 g/mol. The first-order valence-electron chi connectivity index (χ1n) is 7.84. The number of ether oxygens (including phenoxy) is 2. The Morgan fingerprint density at radius 3 is 2.78 bits per heavy atom. The van der Waals surface area contributed by atoms with Crippen LogP contribution in [0.25, 0.3) is 0 Å². The summed E-state index contributed by atoms with van der Waals surface area (Å²) in [6, 6.07) is 0. The Morgan fingerprint density at radius 2 is 2.13 bits per heavy atom. The van der Waals surface area contributed by atoms with Gasteiger partial charge < -0.3 is 9.47 Å². The molecule has 1 heterocycles. The highest BCUT2D eigenvalue weighted by atomic mass is 35.5. The molecule has 3 aliphatic rings. The van der Waals surface area contributed by atoms with Crippen molar-refractivity contribution in [2.75, 3.05) is 0 Å². The molecule has 126 valence electrons. The van der Waals surface area contributed by atoms with Crippen molar-refractivity contribution < 1.29 is 19.1 Å². The Kier molecular flexibility index (Phi) is 4.26. The lowest BCUT2D eigenvalue weighted by atomic mass is 9.79. The van der Waals surface area contributed by atoms with Crippen LogP contribution < -0.4 is 0 Å². The van der Waals surface area contributed by atoms with E-state index in [9.17, 15) is 9.59 Å². The van der Waals surface area contributed by atoms with Crippen molar-refractivity contribution in [1.82, 2.24) is 0 Å². The van der Waals surface area contributed by atoms with Crippen LogP contribution in [0.15, 0.2) is 23.3 Å². The molecule has 1 saturated carbocycles. The maximum atomic E-state index is 12.0. The zero-order chi connectivity index (χ0) is 16.9. The molecule has 0 bridgehead atoms. The van der Waals surface area contributed by atoms with E-state index >= 15 is 0 Å². The zero-order valence-corrected chi connectivity index (χ0v) is 14.7. The van der Waals surface area contributed by atoms with E-state index in [1.807, 2.05) is 6.92 Å². The Balaban J connectivity index is 1.99. The molecule has 4 nitrogen and oxygen atoms in total. The van der Waals surface area contributed by atoms with Crippen molar-refractivity contribution in [2.45, 2.75) is 56.1 Å². The van der Waals surface area contributed by atoms with Gasteiger partial charge in [-0.05, 0) is 39.5 Å². The fourth-order valence-electron chi connectivity index (χ4n) is 4.28. The van der Waals surface area contributed by atoms with Crippen molar-refractivity contribution in [3.63, 3.8) is 0 Å². The molecule has 0 aromatic rings. The van der Waals surface area contributed by atoms with E-state index in [1.54, 1.807) is 0 Å². The fraction of sp³-hybridized carbons (Fsp3) is 0.647. The summed E-state index contributed by atoms with van der Waals surface area (Å²) in [6.07, 6.45) is 2.90. The second kappa shape index (κ2) is 5.82. The van der Waals surface area contributed by atoms with Crippen LogP contribution in [0.5, 0.6) is 0 Å². The van der Waals surface area contributed by atoms with E-state index in [0.29, 0.717) is 12.0 Å². The molecule has 0 spiro atoms. The van der Waals surface area contributed by atoms with E-state index < -0.39 is 16.4 Å². The molecule has 0 aromatic heterocycles. The molecule has 4 atom stereocenters. The highest BCUT2D eigenvalue weighted by Crippen LogP contribution is 2.53. The van der Waals surface area contributed by atoms with Crippen LogP contribution in [0, 0.1) is 11.8 Å². The van der Waals surface area contributed by atoms with Gasteiger partial charge in [-0.2, -0.15) is 0 Å². The zero-order valence-electron chi connectivity index (χ0n) is 13.2. The van der Waals surface area contributed by atoms with Crippen molar-refractivity contribution in [3.05, 3.63) is 23.3 Å². The van der Waals surface area contributed by atoms with Gasteiger partial charge in [0.2, 0.25) is 4.84 Å². The van der Waals surface area contributed by atoms with E-state index in [1.165, 1.54) is 11.1 Å². The minimum absolute atomic E-state index is 0.0288. The first kappa shape index (κ1) is 16.8. The van der Waals surface area contributed by atoms with Crippen LogP contribution in [0.4, 0.5) is 0 Å². The minimum atomic E-state index is -1.22. The Bertz CT molecular complexity index is 610. The maximum Gasteiger partial charge on any atom is 0.340 e. The first-order chi connectivity index (χ1) is 10.7. The van der Waals surface area contributed by atoms with Crippen LogP contribution in [0.2, 0.25) is 0 Å². The Labute approximate surface area is 145 Å². The van der Waals surface area contributed by atoms with Crippen LogP contribution in [-0.2, 0) is 19.1 Å². The number of carbonyl (C=O) groups is 2. The van der Waals surface area contributed by atoms with Gasteiger partial charge in [-0.3, -0.25) is 0 Å². The molecule has 1 unspecified atom stereocenters. The summed E-state index contributed by atoms with van der Waals surface area (Å²) < 4.78 is 11.3. The van der Waals surface area contributed by atoms with Crippen LogP contribution in [0.1, 0.15) is 39.5 Å². The molecule has 2 aliphatic carbocycles. The number of rotatable bonds is 2. The lowest BCUT2D eigenvalue weighted by molar-refractivity contribution is -0.165. The monoisotopic (exact) mass is 358 g/mol. The average Bonchev–Trinajstić information content (AvgIpc) is 2.89. The number of hydrogen-bond donors (Lipinski definition) is 0. The van der Waals surface area contributed by atoms with Gasteiger partial charge >= 0.3 is 11.9 Å². The van der Waals surface area contributed by atoms with E-state index in [2.05, 4.69) is 13.5 Å². The Morgan fingerprint density at radius 1 is 1.43 bits per heavy atom. The number of esters is 2. The highest BCUT2D eigenvalue weighted by Gasteiger charge is 2.57. The van der Waals surface area contributed by atoms with Gasteiger partial charge in [-0.1, -0.05) is 40.9 Å². The largest absolute Gasteiger partial charge is 0.458 e. The number of hydrogen-bond acceptors (Lipinski definition) is 4. The van der Waals surface area contributed by atoms with Crippen molar-refractivity contribution in [2.24, 2.45) is 11.8 Å². The Hall–Kier alpha value is -1.000. The number of halogens is 2. The number of alkyl halides is 2. The van der Waals surface area contributed by atoms with Crippen molar-refractivity contribution >= 4 is 35.1 Å². The second-order valence-electron chi connectivity index (χ2n) is 6.86. The third kappa shape index (κ3) is 2.70. The van der Waals surface area contributed by atoms with Crippen molar-refractivity contribution in [1.29, 1.82) is 0 Å². The molecule has 1 aliphatic heterocycles. The quantitative estimate of drug-likeness (QED) is 0.326. The summed E-state index contributed by atoms with van der Waals surface area (Å²) in [7, 11) is 0. The van der Waals surface area contributed by atoms with Gasteiger partial charge in [0.05, 0.1) is 5.92 Å². The lowest BCUT2D eigenvalue weighted by Crippen LogP contribution is -2.44. The molecule has 1 saturated heterocycles. The lowest BCUT2D eigenvalue weighted by Gasteiger charge is -2.36. The van der Waals surface area contributed by atoms with E-state index in [0.717, 1.165) is 19.3 Å². The summed E-state index contributed by atoms with van der Waals surface area (Å²) in [5.41, 5.74) is 2.28. The molecule has 3 rings (SSSR count). The standard InChI is InChI=1S/C17H20Cl2O4/c1-8-4-5-11-9(2)15(20)22-13(11)12-10(8)6-7-17(12,3)23-16(21)14(18)19/h11-14H,2,4-7H2,1,3H3/t11-,12?,13-,17+/m0/s1. The van der Waals surface area contributed by atoms with Crippen molar-refractivity contribution in [3.8, 4) is 0 Å². The molecule has 2 fully saturated rings. The third-order valence-electron chi connectivity index (χ3n) is 5.49. The normalized spacial score (nSPS) is 36.7. The van der Waals surface area contributed by atoms with Gasteiger partial charge in [0.25, 0.3) is 0 Å². The summed E-state index contributed by atoms with van der Waals surface area (Å²) in [6.45, 7) is 7.88. The van der Waals surface area contributed by atoms with Gasteiger partial charge in [0, 0.05) is 11.5 Å². The molecule has 0 radical (unpaired) electrons. The minimum Gasteiger partial charge on any atom is -0.458 e. The van der Waals surface area contributed by atoms with Gasteiger partial charge in [0.15, 0.2) is 0 Å². The second-order valence-corrected chi connectivity index (χ2v) is 7.95. The van der Waals surface area contributed by atoms with Gasteiger partial charge in [0.1, 0.15) is 11.7 Å². The summed E-state index contributed by atoms with van der Waals surface area (Å²) >= 11 is 11.3. The fourth-order valence-corrected chi connectivity index (χ4v) is 4.37. The first-order valence-corrected chi connectivity index (χ1v) is 8.71. The van der Waals surface area contributed by atoms with Crippen LogP contribution >= 0.6 is 23.2 Å².